The zero-order valence-corrected chi connectivity index (χ0v) is 19.5. The molecule has 1 aromatic heterocycles. The molecule has 0 saturated heterocycles. The van der Waals surface area contributed by atoms with Crippen LogP contribution in [0.2, 0.25) is 0 Å². The normalized spacial score (nSPS) is 11.8. The first-order valence-electron chi connectivity index (χ1n) is 10.5. The minimum atomic E-state index is -0.811. The largest absolute Gasteiger partial charge is 0.505 e. The zero-order valence-electron chi connectivity index (χ0n) is 19.5. The minimum absolute atomic E-state index is 0.167. The van der Waals surface area contributed by atoms with Crippen molar-refractivity contribution in [3.8, 4) is 11.5 Å². The van der Waals surface area contributed by atoms with E-state index in [4.69, 9.17) is 9.47 Å². The van der Waals surface area contributed by atoms with E-state index >= 15 is 0 Å². The molecule has 1 aromatic carbocycles. The summed E-state index contributed by atoms with van der Waals surface area (Å²) in [7, 11) is 1.51. The molecule has 1 atom stereocenters. The van der Waals surface area contributed by atoms with Crippen LogP contribution < -0.4 is 20.9 Å². The van der Waals surface area contributed by atoms with Crippen LogP contribution in [-0.4, -0.2) is 28.3 Å². The molecule has 0 spiro atoms. The number of benzene rings is 1. The Morgan fingerprint density at radius 3 is 2.68 bits per heavy atom. The lowest BCUT2D eigenvalue weighted by atomic mass is 10.0. The fourth-order valence-corrected chi connectivity index (χ4v) is 3.14. The number of rotatable bonds is 10. The molecule has 9 heteroatoms. The van der Waals surface area contributed by atoms with Gasteiger partial charge < -0.3 is 29.8 Å². The molecule has 2 aromatic rings. The molecule has 0 radical (unpaired) electrons. The van der Waals surface area contributed by atoms with Crippen molar-refractivity contribution in [2.24, 2.45) is 7.05 Å². The smallest absolute Gasteiger partial charge is 0.319 e. The molecular formula is C25H29N3O6. The number of aromatic nitrogens is 1. The van der Waals surface area contributed by atoms with E-state index in [2.05, 4.69) is 23.8 Å². The summed E-state index contributed by atoms with van der Waals surface area (Å²) >= 11 is 0. The monoisotopic (exact) mass is 467 g/mol. The second-order valence-corrected chi connectivity index (χ2v) is 7.30. The molecule has 0 aliphatic rings. The standard InChI is InChI=1S/C25H29N3O6/c1-6-10-18(7-2)34-19-12-9-11-17(13-19)20(14-21(29)33-8-3)26-25(32)27-22-23(30)16(4)15-28(5)24(22)31/h6-7,9-13,15,20,30H,1-2,8,14H2,3-5H3,(H2,26,27,32)/b18-10+. The third-order valence-electron chi connectivity index (χ3n) is 4.73. The van der Waals surface area contributed by atoms with Gasteiger partial charge in [-0.3, -0.25) is 9.59 Å². The molecule has 1 unspecified atom stereocenters. The molecule has 3 N–H and O–H groups in total. The predicted molar refractivity (Wildman–Crippen MR) is 130 cm³/mol. The number of nitrogens with zero attached hydrogens (tertiary/aromatic N) is 1. The fraction of sp³-hybridized carbons (Fsp3) is 0.240. The van der Waals surface area contributed by atoms with Gasteiger partial charge >= 0.3 is 12.0 Å². The summed E-state index contributed by atoms with van der Waals surface area (Å²) < 4.78 is 12.0. The third kappa shape index (κ3) is 6.86. The second kappa shape index (κ2) is 12.1. The summed E-state index contributed by atoms with van der Waals surface area (Å²) in [6, 6.07) is 5.20. The molecule has 1 heterocycles. The average Bonchev–Trinajstić information content (AvgIpc) is 2.80. The van der Waals surface area contributed by atoms with Crippen molar-refractivity contribution in [1.82, 2.24) is 9.88 Å². The summed E-state index contributed by atoms with van der Waals surface area (Å²) in [6.07, 6.45) is 6.00. The third-order valence-corrected chi connectivity index (χ3v) is 4.73. The van der Waals surface area contributed by atoms with Crippen LogP contribution in [0, 0.1) is 6.92 Å². The van der Waals surface area contributed by atoms with Gasteiger partial charge in [-0.25, -0.2) is 4.79 Å². The van der Waals surface area contributed by atoms with E-state index in [-0.39, 0.29) is 24.5 Å². The number of nitrogens with one attached hydrogen (secondary N) is 2. The van der Waals surface area contributed by atoms with Gasteiger partial charge in [-0.15, -0.1) is 0 Å². The van der Waals surface area contributed by atoms with Crippen LogP contribution in [0.4, 0.5) is 10.5 Å². The Bertz CT molecular complexity index is 1170. The molecule has 0 saturated carbocycles. The van der Waals surface area contributed by atoms with Gasteiger partial charge in [0.25, 0.3) is 5.56 Å². The number of allylic oxidation sites excluding steroid dienone is 3. The molecule has 9 nitrogen and oxygen atoms in total. The van der Waals surface area contributed by atoms with Gasteiger partial charge in [-0.2, -0.15) is 0 Å². The Balaban J connectivity index is 2.33. The first-order valence-corrected chi connectivity index (χ1v) is 10.5. The van der Waals surface area contributed by atoms with Gasteiger partial charge in [0, 0.05) is 18.8 Å². The van der Waals surface area contributed by atoms with Crippen LogP contribution >= 0.6 is 0 Å². The van der Waals surface area contributed by atoms with Crippen LogP contribution in [0.5, 0.6) is 11.5 Å². The lowest BCUT2D eigenvalue weighted by Gasteiger charge is -2.20. The van der Waals surface area contributed by atoms with E-state index < -0.39 is 23.6 Å². The van der Waals surface area contributed by atoms with E-state index in [0.717, 1.165) is 0 Å². The lowest BCUT2D eigenvalue weighted by molar-refractivity contribution is -0.143. The van der Waals surface area contributed by atoms with Crippen molar-refractivity contribution in [3.05, 3.63) is 89.1 Å². The number of pyridine rings is 1. The number of amides is 2. The predicted octanol–water partition coefficient (Wildman–Crippen LogP) is 3.85. The Labute approximate surface area is 198 Å². The Morgan fingerprint density at radius 2 is 2.03 bits per heavy atom. The first-order chi connectivity index (χ1) is 16.2. The van der Waals surface area contributed by atoms with Gasteiger partial charge in [-0.1, -0.05) is 31.4 Å². The summed E-state index contributed by atoms with van der Waals surface area (Å²) in [5.41, 5.74) is 0.124. The molecule has 0 bridgehead atoms. The minimum Gasteiger partial charge on any atom is -0.505 e. The molecule has 2 rings (SSSR count). The van der Waals surface area contributed by atoms with Crippen LogP contribution in [0.25, 0.3) is 0 Å². The zero-order chi connectivity index (χ0) is 25.3. The SMILES string of the molecule is C=C/C=C(\C=C)Oc1cccc(C(CC(=O)OCC)NC(=O)Nc2c(O)c(C)cn(C)c2=O)c1. The molecule has 0 aliphatic heterocycles. The van der Waals surface area contributed by atoms with Crippen molar-refractivity contribution in [2.75, 3.05) is 11.9 Å². The summed E-state index contributed by atoms with van der Waals surface area (Å²) in [5, 5.41) is 15.3. The topological polar surface area (TPSA) is 119 Å². The number of anilines is 1. The second-order valence-electron chi connectivity index (χ2n) is 7.30. The first kappa shape index (κ1) is 26.0. The van der Waals surface area contributed by atoms with E-state index in [1.807, 2.05) is 0 Å². The average molecular weight is 468 g/mol. The summed E-state index contributed by atoms with van der Waals surface area (Å²) in [4.78, 5) is 37.3. The maximum atomic E-state index is 12.8. The highest BCUT2D eigenvalue weighted by molar-refractivity contribution is 5.91. The highest BCUT2D eigenvalue weighted by atomic mass is 16.5. The van der Waals surface area contributed by atoms with E-state index in [9.17, 15) is 19.5 Å². The summed E-state index contributed by atoms with van der Waals surface area (Å²) in [5.74, 6) is 0.0608. The molecule has 0 fully saturated rings. The number of aryl methyl sites for hydroxylation is 2. The Kier molecular flexibility index (Phi) is 9.25. The number of hydrogen-bond donors (Lipinski definition) is 3. The Morgan fingerprint density at radius 1 is 1.29 bits per heavy atom. The molecule has 34 heavy (non-hydrogen) atoms. The highest BCUT2D eigenvalue weighted by Crippen LogP contribution is 2.25. The maximum Gasteiger partial charge on any atom is 0.319 e. The molecule has 0 aliphatic carbocycles. The van der Waals surface area contributed by atoms with E-state index in [0.29, 0.717) is 22.6 Å². The molecular weight excluding hydrogens is 438 g/mol. The van der Waals surface area contributed by atoms with Crippen molar-refractivity contribution in [3.63, 3.8) is 0 Å². The highest BCUT2D eigenvalue weighted by Gasteiger charge is 2.22. The van der Waals surface area contributed by atoms with Crippen LogP contribution in [-0.2, 0) is 16.6 Å². The van der Waals surface area contributed by atoms with Crippen molar-refractivity contribution in [2.45, 2.75) is 26.3 Å². The van der Waals surface area contributed by atoms with Crippen LogP contribution in [0.15, 0.2) is 72.4 Å². The number of carbonyl (C=O) groups excluding carboxylic acids is 2. The number of aromatic hydroxyl groups is 1. The lowest BCUT2D eigenvalue weighted by Crippen LogP contribution is -2.36. The van der Waals surface area contributed by atoms with Crippen LogP contribution in [0.3, 0.4) is 0 Å². The van der Waals surface area contributed by atoms with Gasteiger partial charge in [0.1, 0.15) is 17.3 Å². The van der Waals surface area contributed by atoms with Crippen molar-refractivity contribution >= 4 is 17.7 Å². The molecule has 2 amide bonds. The van der Waals surface area contributed by atoms with E-state index in [1.54, 1.807) is 50.3 Å². The number of esters is 1. The van der Waals surface area contributed by atoms with Gasteiger partial charge in [-0.05, 0) is 43.7 Å². The van der Waals surface area contributed by atoms with Crippen molar-refractivity contribution in [1.29, 1.82) is 0 Å². The number of urea groups is 1. The number of ether oxygens (including phenoxy) is 2. The van der Waals surface area contributed by atoms with Gasteiger partial charge in [0.15, 0.2) is 5.69 Å². The number of hydrogen-bond acceptors (Lipinski definition) is 6. The van der Waals surface area contributed by atoms with Gasteiger partial charge in [0.2, 0.25) is 0 Å². The Hall–Kier alpha value is -4.27. The van der Waals surface area contributed by atoms with Crippen molar-refractivity contribution < 1.29 is 24.2 Å². The number of carbonyl (C=O) groups is 2. The van der Waals surface area contributed by atoms with Gasteiger partial charge in [0.05, 0.1) is 19.1 Å². The fourth-order valence-electron chi connectivity index (χ4n) is 3.14. The molecule has 180 valence electrons. The van der Waals surface area contributed by atoms with Crippen LogP contribution in [0.1, 0.15) is 30.5 Å². The summed E-state index contributed by atoms with van der Waals surface area (Å²) in [6.45, 7) is 10.8. The van der Waals surface area contributed by atoms with E-state index in [1.165, 1.54) is 23.9 Å². The quantitative estimate of drug-likeness (QED) is 0.277. The maximum absolute atomic E-state index is 12.8.